The summed E-state index contributed by atoms with van der Waals surface area (Å²) in [6.45, 7) is 5.44. The van der Waals surface area contributed by atoms with E-state index in [1.807, 2.05) is 0 Å². The van der Waals surface area contributed by atoms with Crippen LogP contribution in [0.1, 0.15) is 44.6 Å². The molecule has 1 aliphatic carbocycles. The second-order valence-electron chi connectivity index (χ2n) is 5.98. The summed E-state index contributed by atoms with van der Waals surface area (Å²) in [7, 11) is 2.24. The van der Waals surface area contributed by atoms with Gasteiger partial charge in [0, 0.05) is 30.3 Å². The Labute approximate surface area is 132 Å². The van der Waals surface area contributed by atoms with Gasteiger partial charge in [0.2, 0.25) is 0 Å². The number of anilines is 1. The van der Waals surface area contributed by atoms with Crippen LogP contribution < -0.4 is 10.2 Å². The van der Waals surface area contributed by atoms with Gasteiger partial charge >= 0.3 is 0 Å². The van der Waals surface area contributed by atoms with Crippen LogP contribution in [0, 0.1) is 5.92 Å². The summed E-state index contributed by atoms with van der Waals surface area (Å²) < 4.78 is 1.17. The summed E-state index contributed by atoms with van der Waals surface area (Å²) in [5, 5.41) is 3.52. The third-order valence-electron chi connectivity index (χ3n) is 4.20. The number of halogens is 1. The van der Waals surface area contributed by atoms with Gasteiger partial charge in [-0.25, -0.2) is 0 Å². The van der Waals surface area contributed by atoms with Gasteiger partial charge in [-0.1, -0.05) is 35.7 Å². The van der Waals surface area contributed by atoms with Crippen LogP contribution in [0.2, 0.25) is 0 Å². The van der Waals surface area contributed by atoms with E-state index >= 15 is 0 Å². The zero-order valence-corrected chi connectivity index (χ0v) is 14.4. The monoisotopic (exact) mass is 338 g/mol. The van der Waals surface area contributed by atoms with Crippen molar-refractivity contribution in [3.8, 4) is 0 Å². The van der Waals surface area contributed by atoms with Crippen molar-refractivity contribution in [2.24, 2.45) is 5.92 Å². The summed E-state index contributed by atoms with van der Waals surface area (Å²) in [5.41, 5.74) is 2.78. The Bertz CT molecular complexity index is 413. The largest absolute Gasteiger partial charge is 0.374 e. The number of nitrogens with one attached hydrogen (secondary N) is 1. The molecular formula is C17H27BrN2. The number of benzene rings is 1. The molecule has 0 spiro atoms. The van der Waals surface area contributed by atoms with E-state index < -0.39 is 0 Å². The Morgan fingerprint density at radius 3 is 2.75 bits per heavy atom. The Morgan fingerprint density at radius 1 is 1.30 bits per heavy atom. The molecule has 1 N–H and O–H groups in total. The SMILES string of the molecule is CCCNCc1cc(Br)ccc1N(C)CC1CCCC1. The molecule has 112 valence electrons. The molecule has 2 nitrogen and oxygen atoms in total. The minimum atomic E-state index is 0.889. The molecule has 0 aliphatic heterocycles. The van der Waals surface area contributed by atoms with Crippen LogP contribution in [0.15, 0.2) is 22.7 Å². The van der Waals surface area contributed by atoms with E-state index in [-0.39, 0.29) is 0 Å². The maximum absolute atomic E-state index is 3.60. The first-order chi connectivity index (χ1) is 9.70. The standard InChI is InChI=1S/C17H27BrN2/c1-3-10-19-12-15-11-16(18)8-9-17(15)20(2)13-14-6-4-5-7-14/h8-9,11,14,19H,3-7,10,12-13H2,1-2H3. The first kappa shape index (κ1) is 15.8. The second-order valence-corrected chi connectivity index (χ2v) is 6.90. The summed E-state index contributed by atoms with van der Waals surface area (Å²) in [4.78, 5) is 2.45. The van der Waals surface area contributed by atoms with Crippen LogP contribution in [0.3, 0.4) is 0 Å². The highest BCUT2D eigenvalue weighted by atomic mass is 79.9. The molecule has 0 saturated heterocycles. The number of hydrogen-bond acceptors (Lipinski definition) is 2. The van der Waals surface area contributed by atoms with Gasteiger partial charge < -0.3 is 10.2 Å². The second kappa shape index (κ2) is 8.04. The van der Waals surface area contributed by atoms with Crippen molar-refractivity contribution in [1.29, 1.82) is 0 Å². The van der Waals surface area contributed by atoms with Crippen LogP contribution in [0.25, 0.3) is 0 Å². The van der Waals surface area contributed by atoms with Crippen LogP contribution >= 0.6 is 15.9 Å². The van der Waals surface area contributed by atoms with Gasteiger partial charge in [-0.05, 0) is 55.5 Å². The topological polar surface area (TPSA) is 15.3 Å². The van der Waals surface area contributed by atoms with Crippen LogP contribution in [-0.4, -0.2) is 20.1 Å². The maximum atomic E-state index is 3.60. The smallest absolute Gasteiger partial charge is 0.0410 e. The molecule has 1 fully saturated rings. The molecule has 0 aromatic heterocycles. The predicted molar refractivity (Wildman–Crippen MR) is 91.4 cm³/mol. The average molecular weight is 339 g/mol. The Hall–Kier alpha value is -0.540. The molecule has 0 radical (unpaired) electrons. The van der Waals surface area contributed by atoms with Crippen LogP contribution in [0.5, 0.6) is 0 Å². The van der Waals surface area contributed by atoms with E-state index in [2.05, 4.69) is 58.3 Å². The quantitative estimate of drug-likeness (QED) is 0.732. The molecule has 1 saturated carbocycles. The van der Waals surface area contributed by atoms with Crippen molar-refractivity contribution in [1.82, 2.24) is 5.32 Å². The summed E-state index contributed by atoms with van der Waals surface area (Å²) in [6.07, 6.45) is 6.84. The molecule has 20 heavy (non-hydrogen) atoms. The van der Waals surface area contributed by atoms with Crippen molar-refractivity contribution < 1.29 is 0 Å². The van der Waals surface area contributed by atoms with E-state index in [1.165, 1.54) is 54.4 Å². The molecule has 1 aromatic carbocycles. The lowest BCUT2D eigenvalue weighted by Gasteiger charge is -2.26. The number of nitrogens with zero attached hydrogens (tertiary/aromatic N) is 1. The van der Waals surface area contributed by atoms with Crippen LogP contribution in [0.4, 0.5) is 5.69 Å². The summed E-state index contributed by atoms with van der Waals surface area (Å²) in [6, 6.07) is 6.66. The molecular weight excluding hydrogens is 312 g/mol. The van der Waals surface area contributed by atoms with Crippen molar-refractivity contribution in [2.45, 2.75) is 45.6 Å². The predicted octanol–water partition coefficient (Wildman–Crippen LogP) is 4.58. The summed E-state index contributed by atoms with van der Waals surface area (Å²) >= 11 is 3.60. The summed E-state index contributed by atoms with van der Waals surface area (Å²) in [5.74, 6) is 0.889. The molecule has 1 aliphatic rings. The normalized spacial score (nSPS) is 15.8. The van der Waals surface area contributed by atoms with Crippen molar-refractivity contribution >= 4 is 21.6 Å². The molecule has 0 amide bonds. The van der Waals surface area contributed by atoms with E-state index in [0.29, 0.717) is 0 Å². The van der Waals surface area contributed by atoms with Crippen LogP contribution in [-0.2, 0) is 6.54 Å². The minimum absolute atomic E-state index is 0.889. The first-order valence-electron chi connectivity index (χ1n) is 7.91. The fourth-order valence-electron chi connectivity index (χ4n) is 3.15. The highest BCUT2D eigenvalue weighted by molar-refractivity contribution is 9.10. The van der Waals surface area contributed by atoms with Gasteiger partial charge in [-0.3, -0.25) is 0 Å². The number of rotatable bonds is 7. The van der Waals surface area contributed by atoms with Gasteiger partial charge in [-0.15, -0.1) is 0 Å². The molecule has 0 atom stereocenters. The molecule has 3 heteroatoms. The molecule has 0 unspecified atom stereocenters. The van der Waals surface area contributed by atoms with Crippen molar-refractivity contribution in [2.75, 3.05) is 25.0 Å². The van der Waals surface area contributed by atoms with E-state index in [4.69, 9.17) is 0 Å². The lowest BCUT2D eigenvalue weighted by Crippen LogP contribution is -2.26. The van der Waals surface area contributed by atoms with Crippen molar-refractivity contribution in [3.05, 3.63) is 28.2 Å². The third kappa shape index (κ3) is 4.49. The van der Waals surface area contributed by atoms with E-state index in [9.17, 15) is 0 Å². The third-order valence-corrected chi connectivity index (χ3v) is 4.70. The Balaban J connectivity index is 2.03. The zero-order chi connectivity index (χ0) is 14.4. The highest BCUT2D eigenvalue weighted by Crippen LogP contribution is 2.29. The Morgan fingerprint density at radius 2 is 2.05 bits per heavy atom. The average Bonchev–Trinajstić information content (AvgIpc) is 2.92. The molecule has 2 rings (SSSR count). The zero-order valence-electron chi connectivity index (χ0n) is 12.8. The lowest BCUT2D eigenvalue weighted by atomic mass is 10.1. The van der Waals surface area contributed by atoms with Gasteiger partial charge in [0.15, 0.2) is 0 Å². The fourth-order valence-corrected chi connectivity index (χ4v) is 3.55. The van der Waals surface area contributed by atoms with Gasteiger partial charge in [-0.2, -0.15) is 0 Å². The van der Waals surface area contributed by atoms with E-state index in [0.717, 1.165) is 19.0 Å². The first-order valence-corrected chi connectivity index (χ1v) is 8.70. The Kier molecular flexibility index (Phi) is 6.37. The fraction of sp³-hybridized carbons (Fsp3) is 0.647. The molecule has 1 aromatic rings. The van der Waals surface area contributed by atoms with Gasteiger partial charge in [0.25, 0.3) is 0 Å². The molecule has 0 bridgehead atoms. The lowest BCUT2D eigenvalue weighted by molar-refractivity contribution is 0.545. The minimum Gasteiger partial charge on any atom is -0.374 e. The van der Waals surface area contributed by atoms with E-state index in [1.54, 1.807) is 0 Å². The van der Waals surface area contributed by atoms with Gasteiger partial charge in [0.1, 0.15) is 0 Å². The van der Waals surface area contributed by atoms with Crippen molar-refractivity contribution in [3.63, 3.8) is 0 Å². The molecule has 0 heterocycles. The van der Waals surface area contributed by atoms with Gasteiger partial charge in [0.05, 0.1) is 0 Å². The highest BCUT2D eigenvalue weighted by Gasteiger charge is 2.18. The number of hydrogen-bond donors (Lipinski definition) is 1. The maximum Gasteiger partial charge on any atom is 0.0410 e.